The molecule has 2 rings (SSSR count). The summed E-state index contributed by atoms with van der Waals surface area (Å²) in [5.41, 5.74) is 1.26. The molecule has 0 aliphatic carbocycles. The van der Waals surface area contributed by atoms with Gasteiger partial charge in [-0.05, 0) is 37.3 Å². The maximum atomic E-state index is 10.6. The number of nitro benzene ring substituents is 1. The summed E-state index contributed by atoms with van der Waals surface area (Å²) in [7, 11) is 1.76. The average Bonchev–Trinajstić information content (AvgIpc) is 3.17. The number of unbranched alkanes of at least 4 members (excludes halogenated alkanes) is 1. The third-order valence-corrected chi connectivity index (χ3v) is 3.97. The average molecular weight is 358 g/mol. The number of aromatic nitrogens is 2. The summed E-state index contributed by atoms with van der Waals surface area (Å²) in [4.78, 5) is 14.5. The van der Waals surface area contributed by atoms with Crippen LogP contribution in [-0.4, -0.2) is 40.8 Å². The number of nitrogens with one attached hydrogen (secondary N) is 2. The van der Waals surface area contributed by atoms with Gasteiger partial charge in [0.2, 0.25) is 0 Å². The van der Waals surface area contributed by atoms with Crippen LogP contribution in [0.4, 0.5) is 5.69 Å². The van der Waals surface area contributed by atoms with Gasteiger partial charge in [0, 0.05) is 51.2 Å². The minimum absolute atomic E-state index is 0.137. The molecular weight excluding hydrogens is 332 g/mol. The van der Waals surface area contributed by atoms with E-state index in [-0.39, 0.29) is 10.6 Å². The lowest BCUT2D eigenvalue weighted by Gasteiger charge is -2.11. The predicted octanol–water partition coefficient (Wildman–Crippen LogP) is 2.37. The van der Waals surface area contributed by atoms with Crippen molar-refractivity contribution < 1.29 is 4.92 Å². The van der Waals surface area contributed by atoms with Gasteiger partial charge in [0.25, 0.3) is 5.69 Å². The van der Waals surface area contributed by atoms with E-state index in [1.807, 2.05) is 29.1 Å². The molecule has 0 aliphatic heterocycles. The molecule has 140 valence electrons. The topological polar surface area (TPSA) is 97.4 Å². The van der Waals surface area contributed by atoms with Crippen molar-refractivity contribution in [3.8, 4) is 0 Å². The summed E-state index contributed by atoms with van der Waals surface area (Å²) in [5, 5.41) is 21.4. The molecule has 2 N–H and O–H groups in total. The van der Waals surface area contributed by atoms with Crippen molar-refractivity contribution in [2.75, 3.05) is 20.1 Å². The molecule has 0 saturated heterocycles. The molecule has 0 atom stereocenters. The van der Waals surface area contributed by atoms with Gasteiger partial charge in [0.05, 0.1) is 4.92 Å². The van der Waals surface area contributed by atoms with Crippen LogP contribution in [0.2, 0.25) is 0 Å². The number of guanidine groups is 1. The zero-order valence-corrected chi connectivity index (χ0v) is 15.1. The van der Waals surface area contributed by atoms with Crippen LogP contribution >= 0.6 is 0 Å². The van der Waals surface area contributed by atoms with Gasteiger partial charge in [-0.2, -0.15) is 5.10 Å². The van der Waals surface area contributed by atoms with Crippen LogP contribution in [-0.2, 0) is 13.0 Å². The molecule has 26 heavy (non-hydrogen) atoms. The molecule has 1 heterocycles. The molecule has 1 aromatic carbocycles. The van der Waals surface area contributed by atoms with Crippen LogP contribution in [0, 0.1) is 10.1 Å². The van der Waals surface area contributed by atoms with E-state index in [2.05, 4.69) is 20.7 Å². The van der Waals surface area contributed by atoms with Gasteiger partial charge in [0.15, 0.2) is 5.96 Å². The van der Waals surface area contributed by atoms with Crippen LogP contribution in [0.5, 0.6) is 0 Å². The number of hydrogen-bond donors (Lipinski definition) is 2. The summed E-state index contributed by atoms with van der Waals surface area (Å²) in [5.74, 6) is 0.806. The lowest BCUT2D eigenvalue weighted by Crippen LogP contribution is -2.38. The molecule has 2 aromatic rings. The standard InChI is InChI=1S/C18H26N6O2/c1-19-18(21-12-4-14-23-15-5-13-22-23)20-11-3-2-6-16-7-9-17(10-8-16)24(25)26/h5,7-10,13,15H,2-4,6,11-12,14H2,1H3,(H2,19,20,21). The van der Waals surface area contributed by atoms with E-state index in [4.69, 9.17) is 0 Å². The molecule has 8 nitrogen and oxygen atoms in total. The van der Waals surface area contributed by atoms with Crippen molar-refractivity contribution in [2.24, 2.45) is 4.99 Å². The molecule has 8 heteroatoms. The first kappa shape index (κ1) is 19.4. The zero-order valence-electron chi connectivity index (χ0n) is 15.1. The van der Waals surface area contributed by atoms with E-state index in [1.165, 1.54) is 0 Å². The van der Waals surface area contributed by atoms with Crippen LogP contribution in [0.3, 0.4) is 0 Å². The Morgan fingerprint density at radius 2 is 1.92 bits per heavy atom. The Hall–Kier alpha value is -2.90. The first-order valence-electron chi connectivity index (χ1n) is 8.84. The first-order chi connectivity index (χ1) is 12.7. The summed E-state index contributed by atoms with van der Waals surface area (Å²) in [6.45, 7) is 2.56. The normalized spacial score (nSPS) is 11.3. The van der Waals surface area contributed by atoms with Crippen molar-refractivity contribution in [1.29, 1.82) is 0 Å². The molecule has 0 amide bonds. The largest absolute Gasteiger partial charge is 0.356 e. The zero-order chi connectivity index (χ0) is 18.6. The Morgan fingerprint density at radius 3 is 2.54 bits per heavy atom. The van der Waals surface area contributed by atoms with Crippen LogP contribution in [0.1, 0.15) is 24.8 Å². The van der Waals surface area contributed by atoms with Crippen LogP contribution in [0.25, 0.3) is 0 Å². The Kier molecular flexibility index (Phi) is 8.11. The van der Waals surface area contributed by atoms with Crippen molar-refractivity contribution >= 4 is 11.6 Å². The number of hydrogen-bond acceptors (Lipinski definition) is 4. The van der Waals surface area contributed by atoms with Gasteiger partial charge >= 0.3 is 0 Å². The molecular formula is C18H26N6O2. The van der Waals surface area contributed by atoms with E-state index in [0.29, 0.717) is 0 Å². The number of aliphatic imine (C=N–C) groups is 1. The second-order valence-electron chi connectivity index (χ2n) is 5.93. The van der Waals surface area contributed by atoms with Gasteiger partial charge in [-0.3, -0.25) is 19.8 Å². The second kappa shape index (κ2) is 10.9. The number of rotatable bonds is 10. The van der Waals surface area contributed by atoms with E-state index in [0.717, 1.165) is 56.8 Å². The van der Waals surface area contributed by atoms with Crippen molar-refractivity contribution in [2.45, 2.75) is 32.2 Å². The SMILES string of the molecule is CN=C(NCCCCc1ccc([N+](=O)[O-])cc1)NCCCn1cccn1. The molecule has 0 radical (unpaired) electrons. The predicted molar refractivity (Wildman–Crippen MR) is 102 cm³/mol. The fourth-order valence-corrected chi connectivity index (χ4v) is 2.55. The lowest BCUT2D eigenvalue weighted by atomic mass is 10.1. The van der Waals surface area contributed by atoms with Crippen molar-refractivity contribution in [3.63, 3.8) is 0 Å². The Balaban J connectivity index is 1.55. The Morgan fingerprint density at radius 1 is 1.19 bits per heavy atom. The lowest BCUT2D eigenvalue weighted by molar-refractivity contribution is -0.384. The number of nitrogens with zero attached hydrogens (tertiary/aromatic N) is 4. The second-order valence-corrected chi connectivity index (χ2v) is 5.93. The van der Waals surface area contributed by atoms with Crippen molar-refractivity contribution in [3.05, 3.63) is 58.4 Å². The fraction of sp³-hybridized carbons (Fsp3) is 0.444. The van der Waals surface area contributed by atoms with E-state index in [9.17, 15) is 10.1 Å². The van der Waals surface area contributed by atoms with E-state index >= 15 is 0 Å². The summed E-state index contributed by atoms with van der Waals surface area (Å²) < 4.78 is 1.91. The molecule has 0 saturated carbocycles. The maximum Gasteiger partial charge on any atom is 0.269 e. The van der Waals surface area contributed by atoms with Crippen molar-refractivity contribution in [1.82, 2.24) is 20.4 Å². The smallest absolute Gasteiger partial charge is 0.269 e. The Bertz CT molecular complexity index is 682. The highest BCUT2D eigenvalue weighted by Gasteiger charge is 2.03. The third-order valence-electron chi connectivity index (χ3n) is 3.97. The third kappa shape index (κ3) is 6.92. The summed E-state index contributed by atoms with van der Waals surface area (Å²) in [6, 6.07) is 8.69. The number of nitro groups is 1. The minimum Gasteiger partial charge on any atom is -0.356 e. The maximum absolute atomic E-state index is 10.6. The number of aryl methyl sites for hydroxylation is 2. The van der Waals surface area contributed by atoms with Crippen LogP contribution in [0.15, 0.2) is 47.7 Å². The molecule has 0 fully saturated rings. The summed E-state index contributed by atoms with van der Waals surface area (Å²) in [6.07, 6.45) is 7.65. The summed E-state index contributed by atoms with van der Waals surface area (Å²) >= 11 is 0. The Labute approximate surface area is 153 Å². The van der Waals surface area contributed by atoms with Gasteiger partial charge < -0.3 is 10.6 Å². The molecule has 0 bridgehead atoms. The van der Waals surface area contributed by atoms with E-state index in [1.54, 1.807) is 25.4 Å². The van der Waals surface area contributed by atoms with E-state index < -0.39 is 0 Å². The number of non-ortho nitro benzene ring substituents is 1. The molecule has 0 spiro atoms. The number of benzene rings is 1. The van der Waals surface area contributed by atoms with Gasteiger partial charge in [-0.15, -0.1) is 0 Å². The molecule has 0 aliphatic rings. The highest BCUT2D eigenvalue weighted by molar-refractivity contribution is 5.79. The quantitative estimate of drug-likeness (QED) is 0.223. The molecule has 1 aromatic heterocycles. The first-order valence-corrected chi connectivity index (χ1v) is 8.84. The highest BCUT2D eigenvalue weighted by atomic mass is 16.6. The molecule has 0 unspecified atom stereocenters. The monoisotopic (exact) mass is 358 g/mol. The van der Waals surface area contributed by atoms with Gasteiger partial charge in [0.1, 0.15) is 0 Å². The van der Waals surface area contributed by atoms with Gasteiger partial charge in [-0.1, -0.05) is 12.1 Å². The van der Waals surface area contributed by atoms with Crippen LogP contribution < -0.4 is 10.6 Å². The fourth-order valence-electron chi connectivity index (χ4n) is 2.55. The van der Waals surface area contributed by atoms with Gasteiger partial charge in [-0.25, -0.2) is 0 Å². The minimum atomic E-state index is -0.374. The highest BCUT2D eigenvalue weighted by Crippen LogP contribution is 2.13.